The van der Waals surface area contributed by atoms with Gasteiger partial charge in [0.15, 0.2) is 0 Å². The normalized spacial score (nSPS) is 12.9. The number of carboxylic acids is 1. The van der Waals surface area contributed by atoms with E-state index in [-0.39, 0.29) is 31.8 Å². The first-order valence-corrected chi connectivity index (χ1v) is 6.40. The SMILES string of the molecule is CC(=O)NCC(=O)O.CC(=O)NCC(=O)ON1C(=O)CCC1=O. The van der Waals surface area contributed by atoms with Crippen LogP contribution in [0.2, 0.25) is 0 Å². The van der Waals surface area contributed by atoms with Crippen molar-refractivity contribution in [3.05, 3.63) is 0 Å². The first kappa shape index (κ1) is 20.0. The van der Waals surface area contributed by atoms with Gasteiger partial charge in [-0.25, -0.2) is 4.79 Å². The quantitative estimate of drug-likeness (QED) is 0.485. The number of amides is 4. The van der Waals surface area contributed by atoms with Crippen LogP contribution in [0.25, 0.3) is 0 Å². The summed E-state index contributed by atoms with van der Waals surface area (Å²) in [6, 6.07) is 0. The van der Waals surface area contributed by atoms with Crippen LogP contribution in [0.3, 0.4) is 0 Å². The maximum absolute atomic E-state index is 11.0. The lowest BCUT2D eigenvalue weighted by Gasteiger charge is -2.12. The van der Waals surface area contributed by atoms with Gasteiger partial charge in [-0.05, 0) is 0 Å². The molecular formula is C12H17N3O8. The van der Waals surface area contributed by atoms with Gasteiger partial charge in [0, 0.05) is 26.7 Å². The van der Waals surface area contributed by atoms with Crippen molar-refractivity contribution in [2.24, 2.45) is 0 Å². The third kappa shape index (κ3) is 9.55. The molecule has 3 N–H and O–H groups in total. The molecule has 0 atom stereocenters. The van der Waals surface area contributed by atoms with Crippen LogP contribution in [0.1, 0.15) is 26.7 Å². The highest BCUT2D eigenvalue weighted by molar-refractivity contribution is 6.01. The molecule has 0 aliphatic carbocycles. The van der Waals surface area contributed by atoms with Gasteiger partial charge in [-0.3, -0.25) is 24.0 Å². The molecule has 0 unspecified atom stereocenters. The summed E-state index contributed by atoms with van der Waals surface area (Å²) in [6.45, 7) is 1.84. The number of imide groups is 1. The van der Waals surface area contributed by atoms with E-state index >= 15 is 0 Å². The van der Waals surface area contributed by atoms with Crippen molar-refractivity contribution in [1.82, 2.24) is 15.7 Å². The fourth-order valence-electron chi connectivity index (χ4n) is 1.19. The molecular weight excluding hydrogens is 314 g/mol. The van der Waals surface area contributed by atoms with E-state index in [1.54, 1.807) is 0 Å². The number of hydrogen-bond acceptors (Lipinski definition) is 7. The van der Waals surface area contributed by atoms with E-state index < -0.39 is 29.7 Å². The minimum absolute atomic E-state index is 0.0479. The van der Waals surface area contributed by atoms with Crippen LogP contribution >= 0.6 is 0 Å². The molecule has 0 saturated carbocycles. The fourth-order valence-corrected chi connectivity index (χ4v) is 1.19. The maximum Gasteiger partial charge on any atom is 0.352 e. The summed E-state index contributed by atoms with van der Waals surface area (Å²) < 4.78 is 0. The van der Waals surface area contributed by atoms with Crippen molar-refractivity contribution in [2.75, 3.05) is 13.1 Å². The molecule has 0 radical (unpaired) electrons. The molecule has 11 heteroatoms. The molecule has 0 aromatic carbocycles. The molecule has 0 aromatic rings. The Morgan fingerprint density at radius 2 is 1.43 bits per heavy atom. The Balaban J connectivity index is 0.000000515. The largest absolute Gasteiger partial charge is 0.480 e. The third-order valence-electron chi connectivity index (χ3n) is 2.17. The zero-order valence-electron chi connectivity index (χ0n) is 12.6. The molecule has 1 aliphatic heterocycles. The second kappa shape index (κ2) is 9.87. The first-order chi connectivity index (χ1) is 10.6. The van der Waals surface area contributed by atoms with Crippen LogP contribution in [0.5, 0.6) is 0 Å². The number of nitrogens with zero attached hydrogens (tertiary/aromatic N) is 1. The average molecular weight is 331 g/mol. The molecule has 1 saturated heterocycles. The highest BCUT2D eigenvalue weighted by Gasteiger charge is 2.32. The topological polar surface area (TPSA) is 159 Å². The molecule has 4 amide bonds. The van der Waals surface area contributed by atoms with Crippen molar-refractivity contribution in [3.8, 4) is 0 Å². The molecule has 0 aromatic heterocycles. The third-order valence-corrected chi connectivity index (χ3v) is 2.17. The van der Waals surface area contributed by atoms with E-state index in [9.17, 15) is 28.8 Å². The predicted molar refractivity (Wildman–Crippen MR) is 72.2 cm³/mol. The molecule has 0 bridgehead atoms. The highest BCUT2D eigenvalue weighted by Crippen LogP contribution is 2.11. The Labute approximate surface area is 130 Å². The lowest BCUT2D eigenvalue weighted by atomic mass is 10.4. The number of nitrogens with one attached hydrogen (secondary N) is 2. The van der Waals surface area contributed by atoms with Crippen LogP contribution in [-0.4, -0.2) is 58.8 Å². The molecule has 1 heterocycles. The summed E-state index contributed by atoms with van der Waals surface area (Å²) in [4.78, 5) is 67.6. The van der Waals surface area contributed by atoms with E-state index in [1.165, 1.54) is 13.8 Å². The van der Waals surface area contributed by atoms with Gasteiger partial charge in [0.2, 0.25) is 11.8 Å². The number of carbonyl (C=O) groups excluding carboxylic acids is 5. The van der Waals surface area contributed by atoms with Crippen molar-refractivity contribution >= 4 is 35.6 Å². The molecule has 1 fully saturated rings. The lowest BCUT2D eigenvalue weighted by molar-refractivity contribution is -0.196. The summed E-state index contributed by atoms with van der Waals surface area (Å²) >= 11 is 0. The van der Waals surface area contributed by atoms with Crippen LogP contribution in [0.15, 0.2) is 0 Å². The van der Waals surface area contributed by atoms with Crippen molar-refractivity contribution in [2.45, 2.75) is 26.7 Å². The zero-order chi connectivity index (χ0) is 18.0. The molecule has 1 aliphatic rings. The molecule has 0 spiro atoms. The number of carboxylic acid groups (broad SMARTS) is 1. The van der Waals surface area contributed by atoms with Gasteiger partial charge in [-0.2, -0.15) is 0 Å². The first-order valence-electron chi connectivity index (χ1n) is 6.40. The second-order valence-electron chi connectivity index (χ2n) is 4.26. The van der Waals surface area contributed by atoms with Crippen LogP contribution in [-0.2, 0) is 33.6 Å². The Morgan fingerprint density at radius 3 is 1.78 bits per heavy atom. The van der Waals surface area contributed by atoms with Gasteiger partial charge in [-0.15, -0.1) is 5.06 Å². The van der Waals surface area contributed by atoms with Gasteiger partial charge >= 0.3 is 11.9 Å². The minimum Gasteiger partial charge on any atom is -0.480 e. The van der Waals surface area contributed by atoms with Crippen LogP contribution in [0.4, 0.5) is 0 Å². The molecule has 1 rings (SSSR count). The van der Waals surface area contributed by atoms with Gasteiger partial charge in [-0.1, -0.05) is 0 Å². The number of aliphatic carboxylic acids is 1. The Bertz CT molecular complexity index is 486. The standard InChI is InChI=1S/C8H10N2O5.C4H7NO3/c1-5(11)9-4-8(14)15-10-6(12)2-3-7(10)13;1-3(6)5-2-4(7)8/h2-4H2,1H3,(H,9,11);2H2,1H3,(H,5,6)(H,7,8). The molecule has 23 heavy (non-hydrogen) atoms. The average Bonchev–Trinajstić information content (AvgIpc) is 2.75. The fraction of sp³-hybridized carbons (Fsp3) is 0.500. The van der Waals surface area contributed by atoms with Crippen LogP contribution < -0.4 is 10.6 Å². The summed E-state index contributed by atoms with van der Waals surface area (Å²) in [7, 11) is 0. The van der Waals surface area contributed by atoms with E-state index in [4.69, 9.17) is 5.11 Å². The number of carbonyl (C=O) groups is 6. The van der Waals surface area contributed by atoms with Crippen molar-refractivity contribution in [1.29, 1.82) is 0 Å². The zero-order valence-corrected chi connectivity index (χ0v) is 12.6. The van der Waals surface area contributed by atoms with Crippen molar-refractivity contribution < 1.29 is 38.7 Å². The smallest absolute Gasteiger partial charge is 0.352 e. The van der Waals surface area contributed by atoms with Crippen molar-refractivity contribution in [3.63, 3.8) is 0 Å². The summed E-state index contributed by atoms with van der Waals surface area (Å²) in [5.74, 6) is -3.69. The Hall–Kier alpha value is -2.98. The minimum atomic E-state index is -1.03. The van der Waals surface area contributed by atoms with E-state index in [1.807, 2.05) is 0 Å². The summed E-state index contributed by atoms with van der Waals surface area (Å²) in [5.41, 5.74) is 0. The Kier molecular flexibility index (Phi) is 8.59. The summed E-state index contributed by atoms with van der Waals surface area (Å²) in [6.07, 6.45) is 0.0957. The number of rotatable bonds is 5. The summed E-state index contributed by atoms with van der Waals surface area (Å²) in [5, 5.41) is 12.7. The van der Waals surface area contributed by atoms with Gasteiger partial charge < -0.3 is 20.6 Å². The monoisotopic (exact) mass is 331 g/mol. The Morgan fingerprint density at radius 1 is 1.00 bits per heavy atom. The van der Waals surface area contributed by atoms with Gasteiger partial charge in [0.05, 0.1) is 0 Å². The van der Waals surface area contributed by atoms with E-state index in [0.29, 0.717) is 5.06 Å². The molecule has 128 valence electrons. The van der Waals surface area contributed by atoms with Crippen LogP contribution in [0, 0.1) is 0 Å². The van der Waals surface area contributed by atoms with Gasteiger partial charge in [0.1, 0.15) is 13.1 Å². The predicted octanol–water partition coefficient (Wildman–Crippen LogP) is -2.06. The van der Waals surface area contributed by atoms with E-state index in [2.05, 4.69) is 15.5 Å². The number of hydrogen-bond donors (Lipinski definition) is 3. The molecule has 11 nitrogen and oxygen atoms in total. The lowest BCUT2D eigenvalue weighted by Crippen LogP contribution is -2.37. The highest BCUT2D eigenvalue weighted by atomic mass is 16.7. The van der Waals surface area contributed by atoms with E-state index in [0.717, 1.165) is 0 Å². The van der Waals surface area contributed by atoms with Gasteiger partial charge in [0.25, 0.3) is 11.8 Å². The number of hydroxylamine groups is 2. The second-order valence-corrected chi connectivity index (χ2v) is 4.26. The maximum atomic E-state index is 11.0.